The number of nitriles is 1. The molecule has 0 fully saturated rings. The normalized spacial score (nSPS) is 13.6. The number of benzene rings is 2. The van der Waals surface area contributed by atoms with Gasteiger partial charge in [0, 0.05) is 17.7 Å². The lowest BCUT2D eigenvalue weighted by Crippen LogP contribution is -2.30. The Bertz CT molecular complexity index is 1250. The van der Waals surface area contributed by atoms with Crippen molar-refractivity contribution in [3.63, 3.8) is 0 Å². The summed E-state index contributed by atoms with van der Waals surface area (Å²) >= 11 is 0. The largest absolute Gasteiger partial charge is 0.459 e. The highest BCUT2D eigenvalue weighted by atomic mass is 16.3. The molecule has 1 aromatic heterocycles. The third kappa shape index (κ3) is 4.14. The molecule has 0 aliphatic carbocycles. The molecule has 0 spiro atoms. The first-order valence-corrected chi connectivity index (χ1v) is 9.58. The molecule has 2 N–H and O–H groups in total. The maximum absolute atomic E-state index is 12.8. The Hall–Kier alpha value is -4.44. The van der Waals surface area contributed by atoms with Gasteiger partial charge in [-0.2, -0.15) is 5.26 Å². The van der Waals surface area contributed by atoms with Crippen molar-refractivity contribution in [3.8, 4) is 6.07 Å². The third-order valence-corrected chi connectivity index (χ3v) is 4.79. The van der Waals surface area contributed by atoms with Gasteiger partial charge in [0.1, 0.15) is 17.5 Å². The van der Waals surface area contributed by atoms with Crippen molar-refractivity contribution in [3.05, 3.63) is 101 Å². The molecule has 0 bridgehead atoms. The fourth-order valence-corrected chi connectivity index (χ4v) is 3.18. The van der Waals surface area contributed by atoms with E-state index in [0.717, 1.165) is 11.1 Å². The van der Waals surface area contributed by atoms with E-state index in [9.17, 15) is 14.9 Å². The topological polar surface area (TPSA) is 107 Å². The number of nitrogens with one attached hydrogen (secondary N) is 2. The van der Waals surface area contributed by atoms with Gasteiger partial charge in [-0.1, -0.05) is 54.1 Å². The first kappa shape index (κ1) is 19.9. The lowest BCUT2D eigenvalue weighted by atomic mass is 10.0. The molecule has 1 aliphatic rings. The highest BCUT2D eigenvalue weighted by Crippen LogP contribution is 2.30. The minimum absolute atomic E-state index is 0.123. The van der Waals surface area contributed by atoms with E-state index < -0.39 is 11.8 Å². The number of carbonyl (C=O) groups excluding carboxylic acids is 2. The molecule has 2 aromatic carbocycles. The summed E-state index contributed by atoms with van der Waals surface area (Å²) in [5.41, 5.74) is 3.35. The van der Waals surface area contributed by atoms with Crippen LogP contribution in [0.4, 0.5) is 0 Å². The maximum atomic E-state index is 12.8. The molecule has 152 valence electrons. The molecule has 31 heavy (non-hydrogen) atoms. The minimum atomic E-state index is -0.532. The highest BCUT2D eigenvalue weighted by molar-refractivity contribution is 6.20. The van der Waals surface area contributed by atoms with Crippen molar-refractivity contribution in [1.82, 2.24) is 10.6 Å². The molecule has 0 saturated heterocycles. The summed E-state index contributed by atoms with van der Waals surface area (Å²) in [5.74, 6) is -0.614. The average Bonchev–Trinajstić information content (AvgIpc) is 3.44. The van der Waals surface area contributed by atoms with E-state index in [-0.39, 0.29) is 29.4 Å². The zero-order valence-electron chi connectivity index (χ0n) is 16.7. The van der Waals surface area contributed by atoms with Crippen LogP contribution in [0, 0.1) is 18.3 Å². The maximum Gasteiger partial charge on any atom is 0.292 e. The van der Waals surface area contributed by atoms with Crippen molar-refractivity contribution >= 4 is 23.3 Å². The molecule has 1 aliphatic heterocycles. The van der Waals surface area contributed by atoms with E-state index in [4.69, 9.17) is 4.42 Å². The molecule has 0 atom stereocenters. The number of amides is 2. The SMILES string of the molecule is Cc1ccc(CNC(=O)C(C#N)=C2N=C(NC(=O)c3ccco3)c3ccccc32)cc1. The van der Waals surface area contributed by atoms with Crippen molar-refractivity contribution in [2.45, 2.75) is 13.5 Å². The van der Waals surface area contributed by atoms with Crippen LogP contribution in [0.25, 0.3) is 5.70 Å². The summed E-state index contributed by atoms with van der Waals surface area (Å²) < 4.78 is 5.11. The highest BCUT2D eigenvalue weighted by Gasteiger charge is 2.27. The fraction of sp³-hybridized carbons (Fsp3) is 0.0833. The van der Waals surface area contributed by atoms with Crippen molar-refractivity contribution in [2.75, 3.05) is 0 Å². The molecular formula is C24H18N4O3. The van der Waals surface area contributed by atoms with Crippen LogP contribution in [-0.4, -0.2) is 17.6 Å². The van der Waals surface area contributed by atoms with Crippen LogP contribution in [0.1, 0.15) is 32.8 Å². The standard InChI is InChI=1S/C24H18N4O3/c1-15-8-10-16(11-9-15)14-26-23(29)19(13-25)21-17-5-2-3-6-18(17)22(27-21)28-24(30)20-7-4-12-31-20/h2-12H,14H2,1H3,(H,26,29)(H,27,28,30). The number of furan rings is 1. The molecular weight excluding hydrogens is 392 g/mol. The van der Waals surface area contributed by atoms with Crippen LogP contribution in [0.5, 0.6) is 0 Å². The smallest absolute Gasteiger partial charge is 0.292 e. The summed E-state index contributed by atoms with van der Waals surface area (Å²) in [6, 6.07) is 19.9. The van der Waals surface area contributed by atoms with Crippen LogP contribution in [-0.2, 0) is 11.3 Å². The van der Waals surface area contributed by atoms with E-state index in [1.165, 1.54) is 12.3 Å². The molecule has 0 unspecified atom stereocenters. The zero-order valence-corrected chi connectivity index (χ0v) is 16.7. The van der Waals surface area contributed by atoms with Gasteiger partial charge in [-0.3, -0.25) is 9.59 Å². The monoisotopic (exact) mass is 410 g/mol. The number of carbonyl (C=O) groups is 2. The van der Waals surface area contributed by atoms with Gasteiger partial charge in [0.15, 0.2) is 5.76 Å². The molecule has 4 rings (SSSR count). The van der Waals surface area contributed by atoms with E-state index in [1.807, 2.05) is 37.3 Å². The summed E-state index contributed by atoms with van der Waals surface area (Å²) in [6.45, 7) is 2.27. The minimum Gasteiger partial charge on any atom is -0.459 e. The van der Waals surface area contributed by atoms with Crippen LogP contribution < -0.4 is 10.6 Å². The number of hydrogen-bond donors (Lipinski definition) is 2. The van der Waals surface area contributed by atoms with Crippen molar-refractivity contribution < 1.29 is 14.0 Å². The van der Waals surface area contributed by atoms with E-state index in [2.05, 4.69) is 15.6 Å². The summed E-state index contributed by atoms with van der Waals surface area (Å²) in [7, 11) is 0. The van der Waals surface area contributed by atoms with E-state index >= 15 is 0 Å². The van der Waals surface area contributed by atoms with Crippen molar-refractivity contribution in [2.24, 2.45) is 4.99 Å². The molecule has 2 amide bonds. The molecule has 7 heteroatoms. The van der Waals surface area contributed by atoms with E-state index in [1.54, 1.807) is 30.3 Å². The van der Waals surface area contributed by atoms with Crippen LogP contribution >= 0.6 is 0 Å². The Morgan fingerprint density at radius 3 is 2.45 bits per heavy atom. The second-order valence-electron chi connectivity index (χ2n) is 6.94. The van der Waals surface area contributed by atoms with E-state index in [0.29, 0.717) is 11.1 Å². The number of hydrogen-bond acceptors (Lipinski definition) is 5. The lowest BCUT2D eigenvalue weighted by Gasteiger charge is -2.07. The lowest BCUT2D eigenvalue weighted by molar-refractivity contribution is -0.117. The third-order valence-electron chi connectivity index (χ3n) is 4.79. The van der Waals surface area contributed by atoms with Crippen LogP contribution in [0.2, 0.25) is 0 Å². The Balaban J connectivity index is 1.62. The van der Waals surface area contributed by atoms with Crippen LogP contribution in [0.3, 0.4) is 0 Å². The molecule has 7 nitrogen and oxygen atoms in total. The predicted molar refractivity (Wildman–Crippen MR) is 115 cm³/mol. The number of nitrogens with zero attached hydrogens (tertiary/aromatic N) is 2. The number of amidine groups is 1. The Morgan fingerprint density at radius 1 is 1.03 bits per heavy atom. The molecule has 3 aromatic rings. The summed E-state index contributed by atoms with van der Waals surface area (Å²) in [6.07, 6.45) is 1.40. The quantitative estimate of drug-likeness (QED) is 0.508. The van der Waals surface area contributed by atoms with Gasteiger partial charge in [0.2, 0.25) is 0 Å². The van der Waals surface area contributed by atoms with Gasteiger partial charge in [-0.05, 0) is 24.6 Å². The average molecular weight is 410 g/mol. The van der Waals surface area contributed by atoms with Crippen molar-refractivity contribution in [1.29, 1.82) is 5.26 Å². The van der Waals surface area contributed by atoms with Gasteiger partial charge in [0.25, 0.3) is 11.8 Å². The van der Waals surface area contributed by atoms with Gasteiger partial charge in [-0.15, -0.1) is 0 Å². The predicted octanol–water partition coefficient (Wildman–Crippen LogP) is 3.33. The second-order valence-corrected chi connectivity index (χ2v) is 6.94. The van der Waals surface area contributed by atoms with Gasteiger partial charge in [0.05, 0.1) is 12.0 Å². The molecule has 2 heterocycles. The molecule has 0 saturated carbocycles. The first-order chi connectivity index (χ1) is 15.1. The van der Waals surface area contributed by atoms with Crippen LogP contribution in [0.15, 0.2) is 81.9 Å². The number of fused-ring (bicyclic) bond motifs is 1. The Kier molecular flexibility index (Phi) is 5.45. The van der Waals surface area contributed by atoms with Gasteiger partial charge < -0.3 is 15.1 Å². The Labute approximate surface area is 178 Å². The summed E-state index contributed by atoms with van der Waals surface area (Å²) in [5, 5.41) is 15.1. The second kappa shape index (κ2) is 8.51. The first-order valence-electron chi connectivity index (χ1n) is 9.58. The Morgan fingerprint density at radius 2 is 1.77 bits per heavy atom. The van der Waals surface area contributed by atoms with Gasteiger partial charge >= 0.3 is 0 Å². The zero-order chi connectivity index (χ0) is 21.8. The summed E-state index contributed by atoms with van der Waals surface area (Å²) in [4.78, 5) is 29.6. The molecule has 0 radical (unpaired) electrons. The number of aryl methyl sites for hydroxylation is 1. The van der Waals surface area contributed by atoms with Gasteiger partial charge in [-0.25, -0.2) is 4.99 Å². The fourth-order valence-electron chi connectivity index (χ4n) is 3.18. The number of aliphatic imine (C=N–C) groups is 1. The number of rotatable bonds is 4.